The maximum Gasteiger partial charge on any atom is 0.159 e. The zero-order chi connectivity index (χ0) is 17.2. The average Bonchev–Trinajstić information content (AvgIpc) is 2.64. The maximum atomic E-state index is 6.17. The van der Waals surface area contributed by atoms with E-state index in [1.807, 2.05) is 42.6 Å². The molecule has 2 aromatic heterocycles. The molecule has 0 amide bonds. The SMILES string of the molecule is Nc1ccc(-c2ncc3c(n2)CCN(Cc2cccnc2Cl)C3)cc1. The predicted molar refractivity (Wildman–Crippen MR) is 98.9 cm³/mol. The van der Waals surface area contributed by atoms with Gasteiger partial charge in [0, 0.05) is 60.8 Å². The number of fused-ring (bicyclic) bond motifs is 1. The fraction of sp³-hybridized carbons (Fsp3) is 0.211. The molecule has 1 aromatic carbocycles. The third kappa shape index (κ3) is 3.48. The number of anilines is 1. The van der Waals surface area contributed by atoms with Crippen LogP contribution in [0.15, 0.2) is 48.8 Å². The third-order valence-corrected chi connectivity index (χ3v) is 4.75. The van der Waals surface area contributed by atoms with E-state index in [0.29, 0.717) is 5.15 Å². The van der Waals surface area contributed by atoms with Crippen LogP contribution in [0.2, 0.25) is 5.15 Å². The average molecular weight is 352 g/mol. The van der Waals surface area contributed by atoms with Crippen LogP contribution in [0.25, 0.3) is 11.4 Å². The Hall–Kier alpha value is -2.50. The second-order valence-corrected chi connectivity index (χ2v) is 6.56. The molecule has 0 atom stereocenters. The van der Waals surface area contributed by atoms with Gasteiger partial charge in [0.2, 0.25) is 0 Å². The Labute approximate surface area is 151 Å². The zero-order valence-electron chi connectivity index (χ0n) is 13.7. The van der Waals surface area contributed by atoms with Crippen LogP contribution >= 0.6 is 11.6 Å². The third-order valence-electron chi connectivity index (χ3n) is 4.41. The summed E-state index contributed by atoms with van der Waals surface area (Å²) in [7, 11) is 0. The second-order valence-electron chi connectivity index (χ2n) is 6.20. The molecule has 0 unspecified atom stereocenters. The Morgan fingerprint density at radius 1 is 1.12 bits per heavy atom. The molecular formula is C19H18ClN5. The van der Waals surface area contributed by atoms with Gasteiger partial charge in [-0.25, -0.2) is 15.0 Å². The Bertz CT molecular complexity index is 895. The molecule has 0 spiro atoms. The van der Waals surface area contributed by atoms with Gasteiger partial charge in [-0.05, 0) is 30.3 Å². The van der Waals surface area contributed by atoms with Gasteiger partial charge in [0.1, 0.15) is 5.15 Å². The number of hydrogen-bond donors (Lipinski definition) is 1. The van der Waals surface area contributed by atoms with Crippen molar-refractivity contribution in [2.45, 2.75) is 19.5 Å². The summed E-state index contributed by atoms with van der Waals surface area (Å²) in [6.45, 7) is 2.55. The zero-order valence-corrected chi connectivity index (χ0v) is 14.4. The van der Waals surface area contributed by atoms with Crippen molar-refractivity contribution in [3.63, 3.8) is 0 Å². The molecule has 3 heterocycles. The molecule has 5 nitrogen and oxygen atoms in total. The molecule has 0 radical (unpaired) electrons. The number of rotatable bonds is 3. The molecule has 126 valence electrons. The lowest BCUT2D eigenvalue weighted by Crippen LogP contribution is -2.31. The highest BCUT2D eigenvalue weighted by atomic mass is 35.5. The number of benzene rings is 1. The van der Waals surface area contributed by atoms with Crippen LogP contribution in [0.4, 0.5) is 5.69 Å². The molecule has 1 aliphatic rings. The van der Waals surface area contributed by atoms with Crippen molar-refractivity contribution in [3.8, 4) is 11.4 Å². The molecule has 2 N–H and O–H groups in total. The van der Waals surface area contributed by atoms with E-state index in [2.05, 4.69) is 14.9 Å². The van der Waals surface area contributed by atoms with Crippen LogP contribution in [0, 0.1) is 0 Å². The quantitative estimate of drug-likeness (QED) is 0.579. The van der Waals surface area contributed by atoms with Gasteiger partial charge >= 0.3 is 0 Å². The molecule has 0 aliphatic carbocycles. The van der Waals surface area contributed by atoms with Gasteiger partial charge in [0.15, 0.2) is 5.82 Å². The van der Waals surface area contributed by atoms with Crippen molar-refractivity contribution < 1.29 is 0 Å². The molecule has 6 heteroatoms. The van der Waals surface area contributed by atoms with Crippen molar-refractivity contribution in [1.82, 2.24) is 19.9 Å². The van der Waals surface area contributed by atoms with Gasteiger partial charge < -0.3 is 5.73 Å². The van der Waals surface area contributed by atoms with E-state index >= 15 is 0 Å². The van der Waals surface area contributed by atoms with Crippen LogP contribution < -0.4 is 5.73 Å². The summed E-state index contributed by atoms with van der Waals surface area (Å²) in [4.78, 5) is 15.8. The lowest BCUT2D eigenvalue weighted by Gasteiger charge is -2.28. The van der Waals surface area contributed by atoms with Crippen LogP contribution in [0.1, 0.15) is 16.8 Å². The Kier molecular flexibility index (Phi) is 4.34. The standard InChI is InChI=1S/C19H18ClN5/c20-18-14(2-1-8-22-18)11-25-9-7-17-15(12-25)10-23-19(24-17)13-3-5-16(21)6-4-13/h1-6,8,10H,7,9,11-12,21H2. The number of pyridine rings is 1. The van der Waals surface area contributed by atoms with Gasteiger partial charge in [-0.2, -0.15) is 0 Å². The fourth-order valence-corrected chi connectivity index (χ4v) is 3.24. The summed E-state index contributed by atoms with van der Waals surface area (Å²) in [5.74, 6) is 0.752. The largest absolute Gasteiger partial charge is 0.399 e. The van der Waals surface area contributed by atoms with E-state index in [0.717, 1.165) is 54.4 Å². The fourth-order valence-electron chi connectivity index (χ4n) is 3.06. The van der Waals surface area contributed by atoms with Gasteiger partial charge in [-0.1, -0.05) is 17.7 Å². The summed E-state index contributed by atoms with van der Waals surface area (Å²) < 4.78 is 0. The highest BCUT2D eigenvalue weighted by Gasteiger charge is 2.19. The molecule has 1 aliphatic heterocycles. The van der Waals surface area contributed by atoms with E-state index in [1.165, 1.54) is 5.56 Å². The van der Waals surface area contributed by atoms with E-state index < -0.39 is 0 Å². The molecule has 4 rings (SSSR count). The first kappa shape index (κ1) is 16.0. The van der Waals surface area contributed by atoms with Gasteiger partial charge in [0.25, 0.3) is 0 Å². The summed E-state index contributed by atoms with van der Waals surface area (Å²) >= 11 is 6.17. The molecule has 3 aromatic rings. The number of hydrogen-bond acceptors (Lipinski definition) is 5. The second kappa shape index (κ2) is 6.78. The first-order valence-electron chi connectivity index (χ1n) is 8.21. The van der Waals surface area contributed by atoms with Crippen LogP contribution in [-0.2, 0) is 19.5 Å². The number of nitrogen functional groups attached to an aromatic ring is 1. The number of nitrogens with zero attached hydrogens (tertiary/aromatic N) is 4. The molecule has 0 fully saturated rings. The van der Waals surface area contributed by atoms with Crippen molar-refractivity contribution >= 4 is 17.3 Å². The molecule has 0 bridgehead atoms. The van der Waals surface area contributed by atoms with Crippen molar-refractivity contribution in [3.05, 3.63) is 70.8 Å². The minimum atomic E-state index is 0.572. The summed E-state index contributed by atoms with van der Waals surface area (Å²) in [5.41, 5.74) is 10.8. The first-order chi connectivity index (χ1) is 12.2. The van der Waals surface area contributed by atoms with Gasteiger partial charge in [0.05, 0.1) is 5.69 Å². The van der Waals surface area contributed by atoms with E-state index in [-0.39, 0.29) is 0 Å². The first-order valence-corrected chi connectivity index (χ1v) is 8.59. The van der Waals surface area contributed by atoms with Crippen molar-refractivity contribution in [1.29, 1.82) is 0 Å². The molecule has 0 saturated heterocycles. The normalized spacial score (nSPS) is 14.3. The molecule has 0 saturated carbocycles. The lowest BCUT2D eigenvalue weighted by atomic mass is 10.1. The minimum Gasteiger partial charge on any atom is -0.399 e. The van der Waals surface area contributed by atoms with Crippen molar-refractivity contribution in [2.24, 2.45) is 0 Å². The smallest absolute Gasteiger partial charge is 0.159 e. The summed E-state index contributed by atoms with van der Waals surface area (Å²) in [6, 6.07) is 11.6. The highest BCUT2D eigenvalue weighted by Crippen LogP contribution is 2.23. The van der Waals surface area contributed by atoms with E-state index in [1.54, 1.807) is 6.20 Å². The number of aromatic nitrogens is 3. The lowest BCUT2D eigenvalue weighted by molar-refractivity contribution is 0.243. The summed E-state index contributed by atoms with van der Waals surface area (Å²) in [6.07, 6.45) is 4.55. The monoisotopic (exact) mass is 351 g/mol. The molecule has 25 heavy (non-hydrogen) atoms. The van der Waals surface area contributed by atoms with E-state index in [9.17, 15) is 0 Å². The maximum absolute atomic E-state index is 6.17. The topological polar surface area (TPSA) is 67.9 Å². The van der Waals surface area contributed by atoms with Gasteiger partial charge in [-0.3, -0.25) is 4.90 Å². The van der Waals surface area contributed by atoms with Crippen LogP contribution in [0.3, 0.4) is 0 Å². The Morgan fingerprint density at radius 2 is 1.96 bits per heavy atom. The van der Waals surface area contributed by atoms with E-state index in [4.69, 9.17) is 22.3 Å². The predicted octanol–water partition coefficient (Wildman–Crippen LogP) is 3.33. The van der Waals surface area contributed by atoms with Crippen LogP contribution in [-0.4, -0.2) is 26.4 Å². The Balaban J connectivity index is 1.52. The van der Waals surface area contributed by atoms with Gasteiger partial charge in [-0.15, -0.1) is 0 Å². The molecular weight excluding hydrogens is 334 g/mol. The highest BCUT2D eigenvalue weighted by molar-refractivity contribution is 6.30. The Morgan fingerprint density at radius 3 is 2.76 bits per heavy atom. The van der Waals surface area contributed by atoms with Crippen LogP contribution in [0.5, 0.6) is 0 Å². The minimum absolute atomic E-state index is 0.572. The number of halogens is 1. The number of nitrogens with two attached hydrogens (primary N) is 1. The van der Waals surface area contributed by atoms with Crippen molar-refractivity contribution in [2.75, 3.05) is 12.3 Å². The summed E-state index contributed by atoms with van der Waals surface area (Å²) in [5, 5.41) is 0.572.